The summed E-state index contributed by atoms with van der Waals surface area (Å²) in [4.78, 5) is 11.7. The second-order valence-corrected chi connectivity index (χ2v) is 4.28. The van der Waals surface area contributed by atoms with Crippen LogP contribution in [-0.4, -0.2) is 25.0 Å². The number of hydrogen-bond acceptors (Lipinski definition) is 2. The molecule has 3 nitrogen and oxygen atoms in total. The average Bonchev–Trinajstić information content (AvgIpc) is 2.85. The molecule has 1 aromatic rings. The Morgan fingerprint density at radius 1 is 1.47 bits per heavy atom. The minimum atomic E-state index is -0.208. The lowest BCUT2D eigenvalue weighted by Crippen LogP contribution is -2.41. The van der Waals surface area contributed by atoms with Crippen LogP contribution in [0.25, 0.3) is 0 Å². The number of nitrogens with one attached hydrogen (secondary N) is 2. The number of amides is 1. The third-order valence-corrected chi connectivity index (χ3v) is 3.03. The van der Waals surface area contributed by atoms with E-state index in [2.05, 4.69) is 10.6 Å². The molecule has 1 atom stereocenters. The molecule has 0 aliphatic carbocycles. The Labute approximate surface area is 100 Å². The van der Waals surface area contributed by atoms with Gasteiger partial charge in [-0.05, 0) is 37.4 Å². The summed E-state index contributed by atoms with van der Waals surface area (Å²) in [5.74, 6) is -0.181. The monoisotopic (exact) mass is 236 g/mol. The first kappa shape index (κ1) is 12.0. The van der Waals surface area contributed by atoms with Crippen molar-refractivity contribution in [2.45, 2.75) is 25.3 Å². The smallest absolute Gasteiger partial charge is 0.237 e. The maximum absolute atomic E-state index is 13.3. The van der Waals surface area contributed by atoms with Crippen LogP contribution in [0, 0.1) is 5.82 Å². The zero-order valence-corrected chi connectivity index (χ0v) is 9.71. The second-order valence-electron chi connectivity index (χ2n) is 4.28. The number of benzene rings is 1. The van der Waals surface area contributed by atoms with Crippen molar-refractivity contribution >= 4 is 5.91 Å². The number of carbonyl (C=O) groups excluding carboxylic acids is 1. The second kappa shape index (κ2) is 5.77. The fourth-order valence-corrected chi connectivity index (χ4v) is 2.05. The molecule has 1 amide bonds. The normalized spacial score (nSPS) is 19.2. The van der Waals surface area contributed by atoms with Gasteiger partial charge < -0.3 is 10.6 Å². The predicted molar refractivity (Wildman–Crippen MR) is 64.1 cm³/mol. The zero-order valence-electron chi connectivity index (χ0n) is 9.71. The molecule has 0 radical (unpaired) electrons. The van der Waals surface area contributed by atoms with Crippen molar-refractivity contribution in [3.05, 3.63) is 35.6 Å². The Kier molecular flexibility index (Phi) is 4.09. The summed E-state index contributed by atoms with van der Waals surface area (Å²) in [5, 5.41) is 5.96. The molecule has 17 heavy (non-hydrogen) atoms. The summed E-state index contributed by atoms with van der Waals surface area (Å²) >= 11 is 0. The van der Waals surface area contributed by atoms with Gasteiger partial charge in [-0.25, -0.2) is 4.39 Å². The van der Waals surface area contributed by atoms with Crippen molar-refractivity contribution in [2.24, 2.45) is 0 Å². The third-order valence-electron chi connectivity index (χ3n) is 3.03. The van der Waals surface area contributed by atoms with Crippen LogP contribution in [0.15, 0.2) is 24.3 Å². The van der Waals surface area contributed by atoms with Crippen LogP contribution in [0.2, 0.25) is 0 Å². The van der Waals surface area contributed by atoms with Crippen LogP contribution < -0.4 is 10.6 Å². The van der Waals surface area contributed by atoms with Crippen LogP contribution in [0.1, 0.15) is 18.4 Å². The number of rotatable bonds is 4. The van der Waals surface area contributed by atoms with Gasteiger partial charge in [-0.3, -0.25) is 4.79 Å². The molecule has 92 valence electrons. The van der Waals surface area contributed by atoms with Crippen LogP contribution in [0.3, 0.4) is 0 Å². The molecule has 1 fully saturated rings. The van der Waals surface area contributed by atoms with E-state index in [4.69, 9.17) is 0 Å². The highest BCUT2D eigenvalue weighted by Crippen LogP contribution is 2.07. The fraction of sp³-hybridized carbons (Fsp3) is 0.462. The fourth-order valence-electron chi connectivity index (χ4n) is 2.05. The van der Waals surface area contributed by atoms with Crippen molar-refractivity contribution in [1.82, 2.24) is 10.6 Å². The van der Waals surface area contributed by atoms with E-state index in [9.17, 15) is 9.18 Å². The highest BCUT2D eigenvalue weighted by Gasteiger charge is 2.21. The Morgan fingerprint density at radius 2 is 2.29 bits per heavy atom. The van der Waals surface area contributed by atoms with Crippen LogP contribution in [0.4, 0.5) is 4.39 Å². The first-order valence-corrected chi connectivity index (χ1v) is 6.02. The van der Waals surface area contributed by atoms with Crippen molar-refractivity contribution in [3.63, 3.8) is 0 Å². The van der Waals surface area contributed by atoms with Crippen LogP contribution in [0.5, 0.6) is 0 Å². The summed E-state index contributed by atoms with van der Waals surface area (Å²) in [5.41, 5.74) is 0.646. The Bertz CT molecular complexity index is 389. The number of hydrogen-bond donors (Lipinski definition) is 2. The first-order chi connectivity index (χ1) is 8.27. The van der Waals surface area contributed by atoms with Gasteiger partial charge >= 0.3 is 0 Å². The van der Waals surface area contributed by atoms with Gasteiger partial charge in [-0.1, -0.05) is 18.2 Å². The SMILES string of the molecule is O=C(NCCc1ccccc1F)[C@H]1CCCN1. The predicted octanol–water partition coefficient (Wildman–Crippen LogP) is 1.24. The molecule has 2 N–H and O–H groups in total. The molecule has 1 heterocycles. The summed E-state index contributed by atoms with van der Waals surface area (Å²) < 4.78 is 13.3. The zero-order chi connectivity index (χ0) is 12.1. The lowest BCUT2D eigenvalue weighted by molar-refractivity contribution is -0.122. The molecule has 0 aromatic heterocycles. The molecule has 1 aliphatic rings. The molecule has 0 bridgehead atoms. The van der Waals surface area contributed by atoms with E-state index < -0.39 is 0 Å². The minimum absolute atomic E-state index is 0.0267. The van der Waals surface area contributed by atoms with Gasteiger partial charge in [0.05, 0.1) is 6.04 Å². The van der Waals surface area contributed by atoms with E-state index in [1.54, 1.807) is 18.2 Å². The molecule has 4 heteroatoms. The highest BCUT2D eigenvalue weighted by molar-refractivity contribution is 5.81. The standard InChI is InChI=1S/C13H17FN2O/c14-11-5-2-1-4-10(11)7-9-16-13(17)12-6-3-8-15-12/h1-2,4-5,12,15H,3,6-9H2,(H,16,17)/t12-/m1/s1. The summed E-state index contributed by atoms with van der Waals surface area (Å²) in [6.45, 7) is 1.39. The van der Waals surface area contributed by atoms with E-state index >= 15 is 0 Å². The molecule has 1 aliphatic heterocycles. The average molecular weight is 236 g/mol. The molecule has 0 unspecified atom stereocenters. The van der Waals surface area contributed by atoms with Crippen molar-refractivity contribution in [1.29, 1.82) is 0 Å². The molecular formula is C13H17FN2O. The lowest BCUT2D eigenvalue weighted by atomic mass is 10.1. The molecule has 0 saturated carbocycles. The van der Waals surface area contributed by atoms with Gasteiger partial charge in [-0.15, -0.1) is 0 Å². The van der Waals surface area contributed by atoms with E-state index in [0.717, 1.165) is 19.4 Å². The van der Waals surface area contributed by atoms with Crippen molar-refractivity contribution < 1.29 is 9.18 Å². The maximum atomic E-state index is 13.3. The Morgan fingerprint density at radius 3 is 3.00 bits per heavy atom. The summed E-state index contributed by atoms with van der Waals surface area (Å²) in [6, 6.07) is 6.60. The number of carbonyl (C=O) groups is 1. The molecule has 1 saturated heterocycles. The number of halogens is 1. The molecule has 0 spiro atoms. The van der Waals surface area contributed by atoms with Gasteiger partial charge in [0.25, 0.3) is 0 Å². The van der Waals surface area contributed by atoms with E-state index in [-0.39, 0.29) is 17.8 Å². The topological polar surface area (TPSA) is 41.1 Å². The van der Waals surface area contributed by atoms with Gasteiger partial charge in [0.15, 0.2) is 0 Å². The van der Waals surface area contributed by atoms with Crippen molar-refractivity contribution in [2.75, 3.05) is 13.1 Å². The van der Waals surface area contributed by atoms with Crippen LogP contribution >= 0.6 is 0 Å². The first-order valence-electron chi connectivity index (χ1n) is 6.02. The van der Waals surface area contributed by atoms with Gasteiger partial charge in [0, 0.05) is 6.54 Å². The quantitative estimate of drug-likeness (QED) is 0.825. The third kappa shape index (κ3) is 3.27. The van der Waals surface area contributed by atoms with Gasteiger partial charge in [0.2, 0.25) is 5.91 Å². The van der Waals surface area contributed by atoms with E-state index in [1.807, 2.05) is 0 Å². The summed E-state index contributed by atoms with van der Waals surface area (Å²) in [7, 11) is 0. The van der Waals surface area contributed by atoms with Crippen molar-refractivity contribution in [3.8, 4) is 0 Å². The van der Waals surface area contributed by atoms with E-state index in [1.165, 1.54) is 6.07 Å². The highest BCUT2D eigenvalue weighted by atomic mass is 19.1. The van der Waals surface area contributed by atoms with Gasteiger partial charge in [0.1, 0.15) is 5.82 Å². The molecule has 1 aromatic carbocycles. The molecular weight excluding hydrogens is 219 g/mol. The maximum Gasteiger partial charge on any atom is 0.237 e. The van der Waals surface area contributed by atoms with Crippen LogP contribution in [-0.2, 0) is 11.2 Å². The minimum Gasteiger partial charge on any atom is -0.354 e. The molecule has 2 rings (SSSR count). The van der Waals surface area contributed by atoms with Gasteiger partial charge in [-0.2, -0.15) is 0 Å². The largest absolute Gasteiger partial charge is 0.354 e. The van der Waals surface area contributed by atoms with E-state index in [0.29, 0.717) is 18.5 Å². The lowest BCUT2D eigenvalue weighted by Gasteiger charge is -2.11. The Balaban J connectivity index is 1.76. The summed E-state index contributed by atoms with van der Waals surface area (Å²) in [6.07, 6.45) is 2.47. The Hall–Kier alpha value is -1.42.